The molecule has 0 aliphatic rings. The maximum Gasteiger partial charge on any atom is 0.344 e. The van der Waals surface area contributed by atoms with Crippen LogP contribution < -0.4 is 0 Å². The number of carbonyl (C=O) groups is 2. The first-order valence-electron chi connectivity index (χ1n) is 9.47. The lowest BCUT2D eigenvalue weighted by Crippen LogP contribution is -2.39. The number of ether oxygens (including phenoxy) is 1. The zero-order chi connectivity index (χ0) is 21.5. The van der Waals surface area contributed by atoms with Crippen LogP contribution in [0.5, 0.6) is 0 Å². The van der Waals surface area contributed by atoms with E-state index in [2.05, 4.69) is 0 Å². The van der Waals surface area contributed by atoms with Crippen LogP contribution in [0.2, 0.25) is 0 Å². The van der Waals surface area contributed by atoms with Gasteiger partial charge in [-0.15, -0.1) is 0 Å². The van der Waals surface area contributed by atoms with Gasteiger partial charge in [0, 0.05) is 13.1 Å². The number of hydrogen-bond acceptors (Lipinski definition) is 3. The van der Waals surface area contributed by atoms with Gasteiger partial charge in [0.25, 0.3) is 5.91 Å². The topological polar surface area (TPSA) is 46.6 Å². The number of amides is 1. The Kier molecular flexibility index (Phi) is 6.91. The van der Waals surface area contributed by atoms with E-state index in [1.54, 1.807) is 4.90 Å². The predicted octanol–water partition coefficient (Wildman–Crippen LogP) is 4.74. The van der Waals surface area contributed by atoms with Gasteiger partial charge in [-0.1, -0.05) is 66.7 Å². The van der Waals surface area contributed by atoms with Crippen LogP contribution >= 0.6 is 0 Å². The Morgan fingerprint density at radius 1 is 0.800 bits per heavy atom. The monoisotopic (exact) mass is 409 g/mol. The van der Waals surface area contributed by atoms with Crippen molar-refractivity contribution in [1.82, 2.24) is 4.90 Å². The minimum absolute atomic E-state index is 0.296. The lowest BCUT2D eigenvalue weighted by atomic mass is 10.1. The highest BCUT2D eigenvalue weighted by Crippen LogP contribution is 2.17. The second kappa shape index (κ2) is 9.78. The van der Waals surface area contributed by atoms with E-state index in [9.17, 15) is 18.4 Å². The van der Waals surface area contributed by atoms with E-state index >= 15 is 0 Å². The molecule has 0 aliphatic heterocycles. The van der Waals surface area contributed by atoms with Crippen molar-refractivity contribution in [3.63, 3.8) is 0 Å². The molecule has 0 fully saturated rings. The van der Waals surface area contributed by atoms with E-state index in [1.165, 1.54) is 6.92 Å². The summed E-state index contributed by atoms with van der Waals surface area (Å²) in [6.45, 7) is 1.98. The van der Waals surface area contributed by atoms with Gasteiger partial charge >= 0.3 is 5.97 Å². The largest absolute Gasteiger partial charge is 0.449 e. The van der Waals surface area contributed by atoms with Crippen molar-refractivity contribution in [2.45, 2.75) is 26.1 Å². The Labute approximate surface area is 173 Å². The molecule has 0 aliphatic carbocycles. The first-order valence-corrected chi connectivity index (χ1v) is 9.47. The molecule has 0 saturated heterocycles. The maximum absolute atomic E-state index is 13.8. The molecule has 0 radical (unpaired) electrons. The molecule has 1 unspecified atom stereocenters. The molecule has 1 atom stereocenters. The molecule has 3 rings (SSSR count). The van der Waals surface area contributed by atoms with Crippen LogP contribution in [0.25, 0.3) is 0 Å². The first kappa shape index (κ1) is 21.2. The third kappa shape index (κ3) is 5.29. The number of rotatable bonds is 7. The second-order valence-electron chi connectivity index (χ2n) is 6.81. The van der Waals surface area contributed by atoms with Gasteiger partial charge in [0.15, 0.2) is 6.10 Å². The van der Waals surface area contributed by atoms with Crippen molar-refractivity contribution < 1.29 is 23.1 Å². The van der Waals surface area contributed by atoms with Gasteiger partial charge in [-0.05, 0) is 30.2 Å². The number of halogens is 2. The van der Waals surface area contributed by atoms with Crippen LogP contribution in [0.1, 0.15) is 28.4 Å². The molecule has 4 nitrogen and oxygen atoms in total. The summed E-state index contributed by atoms with van der Waals surface area (Å²) in [6.07, 6.45) is -1.22. The normalized spacial score (nSPS) is 11.6. The number of benzene rings is 3. The fraction of sp³-hybridized carbons (Fsp3) is 0.167. The van der Waals surface area contributed by atoms with Gasteiger partial charge < -0.3 is 9.64 Å². The lowest BCUT2D eigenvalue weighted by molar-refractivity contribution is -0.141. The summed E-state index contributed by atoms with van der Waals surface area (Å²) in [6, 6.07) is 21.8. The third-order valence-electron chi connectivity index (χ3n) is 4.54. The van der Waals surface area contributed by atoms with Gasteiger partial charge in [0.05, 0.1) is 0 Å². The van der Waals surface area contributed by atoms with E-state index in [1.807, 2.05) is 60.7 Å². The highest BCUT2D eigenvalue weighted by atomic mass is 19.1. The number of hydrogen-bond donors (Lipinski definition) is 0. The molecule has 3 aromatic carbocycles. The quantitative estimate of drug-likeness (QED) is 0.530. The highest BCUT2D eigenvalue weighted by molar-refractivity contribution is 5.92. The summed E-state index contributed by atoms with van der Waals surface area (Å²) in [7, 11) is 0. The van der Waals surface area contributed by atoms with E-state index < -0.39 is 35.2 Å². The van der Waals surface area contributed by atoms with E-state index in [-0.39, 0.29) is 0 Å². The lowest BCUT2D eigenvalue weighted by Gasteiger charge is -2.26. The van der Waals surface area contributed by atoms with Crippen LogP contribution in [-0.4, -0.2) is 22.9 Å². The first-order chi connectivity index (χ1) is 14.5. The van der Waals surface area contributed by atoms with Crippen LogP contribution in [-0.2, 0) is 22.6 Å². The van der Waals surface area contributed by atoms with Crippen molar-refractivity contribution in [2.75, 3.05) is 0 Å². The van der Waals surface area contributed by atoms with Gasteiger partial charge in [0.1, 0.15) is 17.2 Å². The van der Waals surface area contributed by atoms with E-state index in [4.69, 9.17) is 4.74 Å². The van der Waals surface area contributed by atoms with Crippen LogP contribution in [0.4, 0.5) is 8.78 Å². The summed E-state index contributed by atoms with van der Waals surface area (Å²) >= 11 is 0. The smallest absolute Gasteiger partial charge is 0.344 e. The van der Waals surface area contributed by atoms with Crippen LogP contribution in [0.3, 0.4) is 0 Å². The van der Waals surface area contributed by atoms with Crippen molar-refractivity contribution in [3.8, 4) is 0 Å². The Balaban J connectivity index is 1.78. The summed E-state index contributed by atoms with van der Waals surface area (Å²) < 4.78 is 32.8. The zero-order valence-corrected chi connectivity index (χ0v) is 16.4. The molecule has 3 aromatic rings. The molecular weight excluding hydrogens is 388 g/mol. The summed E-state index contributed by atoms with van der Waals surface area (Å²) in [5, 5.41) is 0. The Morgan fingerprint density at radius 2 is 1.27 bits per heavy atom. The number of carbonyl (C=O) groups excluding carboxylic acids is 2. The molecule has 0 heterocycles. The Hall–Kier alpha value is -3.54. The fourth-order valence-corrected chi connectivity index (χ4v) is 3.04. The zero-order valence-electron chi connectivity index (χ0n) is 16.4. The molecule has 30 heavy (non-hydrogen) atoms. The maximum atomic E-state index is 13.8. The predicted molar refractivity (Wildman–Crippen MR) is 108 cm³/mol. The van der Waals surface area contributed by atoms with Crippen molar-refractivity contribution in [1.29, 1.82) is 0 Å². The minimum Gasteiger partial charge on any atom is -0.449 e. The molecule has 154 valence electrons. The Bertz CT molecular complexity index is 948. The molecular formula is C24H21F2NO3. The molecule has 0 saturated carbocycles. The minimum atomic E-state index is -1.22. The summed E-state index contributed by atoms with van der Waals surface area (Å²) in [5.41, 5.74) is 0.996. The average molecular weight is 409 g/mol. The highest BCUT2D eigenvalue weighted by Gasteiger charge is 2.27. The van der Waals surface area contributed by atoms with Gasteiger partial charge in [0.2, 0.25) is 0 Å². The number of nitrogens with zero attached hydrogens (tertiary/aromatic N) is 1. The molecule has 0 N–H and O–H groups in total. The van der Waals surface area contributed by atoms with Crippen molar-refractivity contribution in [2.24, 2.45) is 0 Å². The van der Waals surface area contributed by atoms with E-state index in [0.29, 0.717) is 13.1 Å². The van der Waals surface area contributed by atoms with Gasteiger partial charge in [-0.3, -0.25) is 4.79 Å². The fourth-order valence-electron chi connectivity index (χ4n) is 3.04. The van der Waals surface area contributed by atoms with Gasteiger partial charge in [-0.2, -0.15) is 0 Å². The molecule has 0 aromatic heterocycles. The Morgan fingerprint density at radius 3 is 1.73 bits per heavy atom. The average Bonchev–Trinajstić information content (AvgIpc) is 2.74. The summed E-state index contributed by atoms with van der Waals surface area (Å²) in [5.74, 6) is -3.76. The standard InChI is InChI=1S/C24H21F2NO3/c1-17(30-24(29)22-20(25)13-8-14-21(22)26)23(28)27(15-18-9-4-2-5-10-18)16-19-11-6-3-7-12-19/h2-14,17H,15-16H2,1H3. The molecule has 1 amide bonds. The van der Waals surface area contributed by atoms with Crippen LogP contribution in [0, 0.1) is 11.6 Å². The third-order valence-corrected chi connectivity index (χ3v) is 4.54. The summed E-state index contributed by atoms with van der Waals surface area (Å²) in [4.78, 5) is 26.9. The van der Waals surface area contributed by atoms with E-state index in [0.717, 1.165) is 29.3 Å². The van der Waals surface area contributed by atoms with Crippen molar-refractivity contribution in [3.05, 3.63) is 107 Å². The molecule has 0 bridgehead atoms. The number of esters is 1. The molecule has 6 heteroatoms. The second-order valence-corrected chi connectivity index (χ2v) is 6.81. The molecule has 0 spiro atoms. The van der Waals surface area contributed by atoms with Gasteiger partial charge in [-0.25, -0.2) is 13.6 Å². The van der Waals surface area contributed by atoms with Crippen LogP contribution in [0.15, 0.2) is 78.9 Å². The van der Waals surface area contributed by atoms with Crippen molar-refractivity contribution >= 4 is 11.9 Å². The SMILES string of the molecule is CC(OC(=O)c1c(F)cccc1F)C(=O)N(Cc1ccccc1)Cc1ccccc1.